The molecule has 0 radical (unpaired) electrons. The third kappa shape index (κ3) is 5.38. The minimum absolute atomic E-state index is 0.0823. The van der Waals surface area contributed by atoms with Crippen molar-refractivity contribution in [3.8, 4) is 0 Å². The van der Waals surface area contributed by atoms with Crippen LogP contribution in [0.25, 0.3) is 0 Å². The van der Waals surface area contributed by atoms with Crippen molar-refractivity contribution in [2.45, 2.75) is 51.6 Å². The van der Waals surface area contributed by atoms with Crippen molar-refractivity contribution in [3.05, 3.63) is 29.8 Å². The normalized spacial score (nSPS) is 19.2. The third-order valence-corrected chi connectivity index (χ3v) is 3.91. The second-order valence-electron chi connectivity index (χ2n) is 5.90. The maximum absolute atomic E-state index is 11.5. The van der Waals surface area contributed by atoms with E-state index in [4.69, 9.17) is 0 Å². The molecule has 1 heterocycles. The highest BCUT2D eigenvalue weighted by Crippen LogP contribution is 2.16. The molecule has 1 fully saturated rings. The topological polar surface area (TPSA) is 53.2 Å². The molecule has 1 amide bonds. The SMILES string of the molecule is CCNC(=O)Cc1ccc(NC(C)CC2CCCN2)cc1. The van der Waals surface area contributed by atoms with Gasteiger partial charge in [-0.15, -0.1) is 0 Å². The van der Waals surface area contributed by atoms with Crippen molar-refractivity contribution in [2.75, 3.05) is 18.4 Å². The lowest BCUT2D eigenvalue weighted by Gasteiger charge is -2.19. The van der Waals surface area contributed by atoms with Gasteiger partial charge >= 0.3 is 0 Å². The Balaban J connectivity index is 1.79. The molecule has 4 heteroatoms. The van der Waals surface area contributed by atoms with Crippen LogP contribution in [0.2, 0.25) is 0 Å². The van der Waals surface area contributed by atoms with Crippen molar-refractivity contribution in [2.24, 2.45) is 0 Å². The molecule has 0 bridgehead atoms. The summed E-state index contributed by atoms with van der Waals surface area (Å²) in [5.74, 6) is 0.0823. The number of benzene rings is 1. The predicted octanol–water partition coefficient (Wildman–Crippen LogP) is 2.31. The maximum Gasteiger partial charge on any atom is 0.224 e. The number of hydrogen-bond donors (Lipinski definition) is 3. The zero-order valence-electron chi connectivity index (χ0n) is 13.1. The fourth-order valence-corrected chi connectivity index (χ4v) is 2.89. The second kappa shape index (κ2) is 8.03. The van der Waals surface area contributed by atoms with Crippen LogP contribution in [0.15, 0.2) is 24.3 Å². The lowest BCUT2D eigenvalue weighted by Crippen LogP contribution is -2.29. The number of amides is 1. The molecule has 21 heavy (non-hydrogen) atoms. The van der Waals surface area contributed by atoms with Crippen LogP contribution in [0.3, 0.4) is 0 Å². The molecular formula is C17H27N3O. The number of nitrogens with one attached hydrogen (secondary N) is 3. The molecule has 1 aliphatic heterocycles. The van der Waals surface area contributed by atoms with Crippen LogP contribution < -0.4 is 16.0 Å². The number of likely N-dealkylation sites (N-methyl/N-ethyl adjacent to an activating group) is 1. The molecule has 2 unspecified atom stereocenters. The Morgan fingerprint density at radius 2 is 2.14 bits per heavy atom. The molecule has 1 aromatic carbocycles. The summed E-state index contributed by atoms with van der Waals surface area (Å²) in [6.07, 6.45) is 4.19. The quantitative estimate of drug-likeness (QED) is 0.722. The third-order valence-electron chi connectivity index (χ3n) is 3.91. The van der Waals surface area contributed by atoms with Gasteiger partial charge in [0.2, 0.25) is 5.91 Å². The summed E-state index contributed by atoms with van der Waals surface area (Å²) in [6.45, 7) is 6.01. The molecule has 0 saturated carbocycles. The molecule has 1 aliphatic rings. The van der Waals surface area contributed by atoms with Crippen molar-refractivity contribution in [3.63, 3.8) is 0 Å². The second-order valence-corrected chi connectivity index (χ2v) is 5.90. The first-order chi connectivity index (χ1) is 10.2. The lowest BCUT2D eigenvalue weighted by atomic mass is 10.1. The van der Waals surface area contributed by atoms with Gasteiger partial charge in [0.1, 0.15) is 0 Å². The van der Waals surface area contributed by atoms with Crippen LogP contribution in [0, 0.1) is 0 Å². The lowest BCUT2D eigenvalue weighted by molar-refractivity contribution is -0.120. The van der Waals surface area contributed by atoms with Gasteiger partial charge in [0.05, 0.1) is 6.42 Å². The number of hydrogen-bond acceptors (Lipinski definition) is 3. The van der Waals surface area contributed by atoms with Crippen LogP contribution in [-0.2, 0) is 11.2 Å². The summed E-state index contributed by atoms with van der Waals surface area (Å²) in [5, 5.41) is 9.89. The smallest absolute Gasteiger partial charge is 0.224 e. The molecule has 1 saturated heterocycles. The number of carbonyl (C=O) groups excluding carboxylic acids is 1. The maximum atomic E-state index is 11.5. The Kier molecular flexibility index (Phi) is 6.05. The summed E-state index contributed by atoms with van der Waals surface area (Å²) in [6, 6.07) is 9.29. The van der Waals surface area contributed by atoms with Crippen LogP contribution in [-0.4, -0.2) is 31.1 Å². The molecule has 4 nitrogen and oxygen atoms in total. The Hall–Kier alpha value is -1.55. The van der Waals surface area contributed by atoms with E-state index in [9.17, 15) is 4.79 Å². The standard InChI is InChI=1S/C17H27N3O/c1-3-18-17(21)12-14-6-8-15(9-7-14)20-13(2)11-16-5-4-10-19-16/h6-9,13,16,19-20H,3-5,10-12H2,1-2H3,(H,18,21). The van der Waals surface area contributed by atoms with Crippen LogP contribution in [0.5, 0.6) is 0 Å². The van der Waals surface area contributed by atoms with Crippen molar-refractivity contribution in [1.82, 2.24) is 10.6 Å². The van der Waals surface area contributed by atoms with Crippen molar-refractivity contribution < 1.29 is 4.79 Å². The summed E-state index contributed by atoms with van der Waals surface area (Å²) in [5.41, 5.74) is 2.18. The number of anilines is 1. The van der Waals surface area contributed by atoms with E-state index in [0.717, 1.165) is 24.2 Å². The molecule has 0 spiro atoms. The molecule has 2 rings (SSSR count). The highest BCUT2D eigenvalue weighted by atomic mass is 16.1. The fourth-order valence-electron chi connectivity index (χ4n) is 2.89. The Morgan fingerprint density at radius 1 is 1.38 bits per heavy atom. The fraction of sp³-hybridized carbons (Fsp3) is 0.588. The minimum Gasteiger partial charge on any atom is -0.383 e. The summed E-state index contributed by atoms with van der Waals surface area (Å²) < 4.78 is 0. The van der Waals surface area contributed by atoms with Crippen molar-refractivity contribution in [1.29, 1.82) is 0 Å². The highest BCUT2D eigenvalue weighted by molar-refractivity contribution is 5.78. The predicted molar refractivity (Wildman–Crippen MR) is 87.6 cm³/mol. The average molecular weight is 289 g/mol. The Morgan fingerprint density at radius 3 is 2.76 bits per heavy atom. The van der Waals surface area contributed by atoms with Gasteiger partial charge in [-0.05, 0) is 57.4 Å². The number of carbonyl (C=O) groups is 1. The van der Waals surface area contributed by atoms with Gasteiger partial charge < -0.3 is 16.0 Å². The van der Waals surface area contributed by atoms with Crippen molar-refractivity contribution >= 4 is 11.6 Å². The van der Waals surface area contributed by atoms with Gasteiger partial charge in [0.25, 0.3) is 0 Å². The first kappa shape index (κ1) is 15.8. The molecule has 0 aliphatic carbocycles. The van der Waals surface area contributed by atoms with Crippen LogP contribution in [0.4, 0.5) is 5.69 Å². The van der Waals surface area contributed by atoms with E-state index in [1.807, 2.05) is 19.1 Å². The van der Waals surface area contributed by atoms with Gasteiger partial charge in [-0.2, -0.15) is 0 Å². The van der Waals surface area contributed by atoms with E-state index < -0.39 is 0 Å². The van der Waals surface area contributed by atoms with E-state index in [1.165, 1.54) is 12.8 Å². The molecule has 0 aromatic heterocycles. The van der Waals surface area contributed by atoms with E-state index in [-0.39, 0.29) is 5.91 Å². The average Bonchev–Trinajstić information content (AvgIpc) is 2.94. The zero-order chi connectivity index (χ0) is 15.1. The van der Waals surface area contributed by atoms with Crippen LogP contribution in [0.1, 0.15) is 38.7 Å². The summed E-state index contributed by atoms with van der Waals surface area (Å²) >= 11 is 0. The summed E-state index contributed by atoms with van der Waals surface area (Å²) in [7, 11) is 0. The van der Waals surface area contributed by atoms with Crippen LogP contribution >= 0.6 is 0 Å². The molecule has 3 N–H and O–H groups in total. The highest BCUT2D eigenvalue weighted by Gasteiger charge is 2.16. The van der Waals surface area contributed by atoms with Gasteiger partial charge in [-0.25, -0.2) is 0 Å². The van der Waals surface area contributed by atoms with Gasteiger partial charge in [0, 0.05) is 24.3 Å². The van der Waals surface area contributed by atoms with Gasteiger partial charge in [0.15, 0.2) is 0 Å². The monoisotopic (exact) mass is 289 g/mol. The van der Waals surface area contributed by atoms with E-state index in [2.05, 4.69) is 35.0 Å². The molecule has 116 valence electrons. The number of rotatable bonds is 7. The van der Waals surface area contributed by atoms with E-state index in [1.54, 1.807) is 0 Å². The van der Waals surface area contributed by atoms with E-state index in [0.29, 0.717) is 25.0 Å². The van der Waals surface area contributed by atoms with Gasteiger partial charge in [-0.1, -0.05) is 12.1 Å². The molecular weight excluding hydrogens is 262 g/mol. The Bertz CT molecular complexity index is 438. The summed E-state index contributed by atoms with van der Waals surface area (Å²) in [4.78, 5) is 11.5. The largest absolute Gasteiger partial charge is 0.383 e. The molecule has 1 aromatic rings. The zero-order valence-corrected chi connectivity index (χ0v) is 13.1. The first-order valence-electron chi connectivity index (χ1n) is 8.03. The van der Waals surface area contributed by atoms with E-state index >= 15 is 0 Å². The van der Waals surface area contributed by atoms with Gasteiger partial charge in [-0.3, -0.25) is 4.79 Å². The molecule has 2 atom stereocenters. The minimum atomic E-state index is 0.0823. The Labute approximate surface area is 127 Å². The first-order valence-corrected chi connectivity index (χ1v) is 8.03.